The van der Waals surface area contributed by atoms with E-state index < -0.39 is 11.7 Å². The Morgan fingerprint density at radius 2 is 1.59 bits per heavy atom. The van der Waals surface area contributed by atoms with E-state index in [1.165, 1.54) is 57.3 Å². The Morgan fingerprint density at radius 1 is 0.912 bits per heavy atom. The van der Waals surface area contributed by atoms with Gasteiger partial charge in [0.05, 0.1) is 5.56 Å². The first-order valence-corrected chi connectivity index (χ1v) is 12.4. The third-order valence-electron chi connectivity index (χ3n) is 7.09. The topological polar surface area (TPSA) is 35.6 Å². The van der Waals surface area contributed by atoms with Gasteiger partial charge in [0.1, 0.15) is 0 Å². The van der Waals surface area contributed by atoms with Crippen molar-refractivity contribution >= 4 is 5.91 Å². The number of nitrogens with one attached hydrogen (secondary N) is 1. The molecule has 1 N–H and O–H groups in total. The maximum absolute atomic E-state index is 13.3. The number of halogens is 3. The van der Waals surface area contributed by atoms with Crippen molar-refractivity contribution < 1.29 is 18.0 Å². The maximum Gasteiger partial charge on any atom is 0.417 e. The molecule has 2 heterocycles. The highest BCUT2D eigenvalue weighted by Crippen LogP contribution is 2.36. The second-order valence-corrected chi connectivity index (χ2v) is 9.40. The molecule has 0 spiro atoms. The van der Waals surface area contributed by atoms with Crippen LogP contribution in [-0.2, 0) is 6.18 Å². The maximum atomic E-state index is 13.3. The van der Waals surface area contributed by atoms with Crippen LogP contribution in [0.2, 0.25) is 0 Å². The van der Waals surface area contributed by atoms with Gasteiger partial charge >= 0.3 is 6.18 Å². The van der Waals surface area contributed by atoms with Crippen LogP contribution in [0.4, 0.5) is 13.2 Å². The van der Waals surface area contributed by atoms with E-state index in [9.17, 15) is 18.0 Å². The van der Waals surface area contributed by atoms with Gasteiger partial charge in [0, 0.05) is 18.2 Å². The number of carbonyl (C=O) groups is 1. The van der Waals surface area contributed by atoms with Crippen molar-refractivity contribution in [3.63, 3.8) is 0 Å². The Bertz CT molecular complexity index is 931. The van der Waals surface area contributed by atoms with E-state index in [4.69, 9.17) is 0 Å². The van der Waals surface area contributed by atoms with E-state index in [0.717, 1.165) is 38.2 Å². The van der Waals surface area contributed by atoms with Crippen LogP contribution < -0.4 is 5.32 Å². The Hall–Kier alpha value is -2.38. The minimum absolute atomic E-state index is 0.117. The monoisotopic (exact) mass is 473 g/mol. The molecular weight excluding hydrogens is 439 g/mol. The molecule has 4 rings (SSSR count). The quantitative estimate of drug-likeness (QED) is 0.544. The van der Waals surface area contributed by atoms with Crippen molar-refractivity contribution in [1.29, 1.82) is 0 Å². The van der Waals surface area contributed by atoms with Crippen molar-refractivity contribution in [1.82, 2.24) is 15.1 Å². The molecular formula is C27H34F3N3O. The minimum atomic E-state index is -4.42. The number of benzene rings is 2. The molecule has 0 saturated carbocycles. The highest BCUT2D eigenvalue weighted by atomic mass is 19.4. The molecule has 4 nitrogen and oxygen atoms in total. The molecule has 0 radical (unpaired) electrons. The molecule has 34 heavy (non-hydrogen) atoms. The molecule has 2 aromatic carbocycles. The van der Waals surface area contributed by atoms with Crippen LogP contribution >= 0.6 is 0 Å². The summed E-state index contributed by atoms with van der Waals surface area (Å²) < 4.78 is 39.9. The van der Waals surface area contributed by atoms with Crippen LogP contribution in [0.25, 0.3) is 11.1 Å². The molecule has 0 bridgehead atoms. The summed E-state index contributed by atoms with van der Waals surface area (Å²) in [4.78, 5) is 17.6. The summed E-state index contributed by atoms with van der Waals surface area (Å²) in [6, 6.07) is 12.6. The van der Waals surface area contributed by atoms with Crippen molar-refractivity contribution in [2.75, 3.05) is 39.3 Å². The van der Waals surface area contributed by atoms with Crippen LogP contribution in [-0.4, -0.2) is 61.0 Å². The van der Waals surface area contributed by atoms with E-state index in [2.05, 4.69) is 15.1 Å². The first-order chi connectivity index (χ1) is 16.4. The van der Waals surface area contributed by atoms with Gasteiger partial charge in [0.2, 0.25) is 0 Å². The molecule has 0 atom stereocenters. The molecule has 2 fully saturated rings. The molecule has 2 aliphatic heterocycles. The van der Waals surface area contributed by atoms with E-state index in [1.54, 1.807) is 30.3 Å². The molecule has 0 unspecified atom stereocenters. The van der Waals surface area contributed by atoms with E-state index >= 15 is 0 Å². The van der Waals surface area contributed by atoms with Crippen LogP contribution in [0.3, 0.4) is 0 Å². The van der Waals surface area contributed by atoms with Gasteiger partial charge in [0.25, 0.3) is 5.91 Å². The van der Waals surface area contributed by atoms with E-state index in [0.29, 0.717) is 17.7 Å². The highest BCUT2D eigenvalue weighted by molar-refractivity contribution is 5.94. The first-order valence-electron chi connectivity index (χ1n) is 12.4. The zero-order valence-corrected chi connectivity index (χ0v) is 19.6. The predicted molar refractivity (Wildman–Crippen MR) is 129 cm³/mol. The average Bonchev–Trinajstić information content (AvgIpc) is 2.87. The fraction of sp³-hybridized carbons (Fsp3) is 0.519. The normalized spacial score (nSPS) is 18.7. The highest BCUT2D eigenvalue weighted by Gasteiger charge is 2.33. The van der Waals surface area contributed by atoms with Gasteiger partial charge in [-0.25, -0.2) is 0 Å². The molecule has 7 heteroatoms. The summed E-state index contributed by atoms with van der Waals surface area (Å²) in [6.07, 6.45) is 2.98. The van der Waals surface area contributed by atoms with Crippen LogP contribution in [0, 0.1) is 0 Å². The molecule has 2 aliphatic rings. The van der Waals surface area contributed by atoms with Gasteiger partial charge < -0.3 is 15.1 Å². The Labute approximate surface area is 200 Å². The van der Waals surface area contributed by atoms with Crippen LogP contribution in [0.5, 0.6) is 0 Å². The second-order valence-electron chi connectivity index (χ2n) is 9.40. The second kappa shape index (κ2) is 11.4. The lowest BCUT2D eigenvalue weighted by molar-refractivity contribution is -0.137. The number of hydrogen-bond acceptors (Lipinski definition) is 3. The zero-order chi connectivity index (χ0) is 24.0. The largest absolute Gasteiger partial charge is 0.417 e. The van der Waals surface area contributed by atoms with Crippen molar-refractivity contribution in [3.8, 4) is 11.1 Å². The Kier molecular flexibility index (Phi) is 8.27. The Morgan fingerprint density at radius 3 is 2.26 bits per heavy atom. The van der Waals surface area contributed by atoms with Gasteiger partial charge in [-0.3, -0.25) is 4.79 Å². The fourth-order valence-corrected chi connectivity index (χ4v) is 5.18. The number of alkyl halides is 3. The zero-order valence-electron chi connectivity index (χ0n) is 19.6. The van der Waals surface area contributed by atoms with Crippen LogP contribution in [0.15, 0.2) is 48.5 Å². The Balaban J connectivity index is 1.20. The van der Waals surface area contributed by atoms with Crippen molar-refractivity contribution in [2.24, 2.45) is 0 Å². The molecule has 2 aromatic rings. The van der Waals surface area contributed by atoms with Crippen LogP contribution in [0.1, 0.15) is 54.4 Å². The molecule has 0 aliphatic carbocycles. The molecule has 0 aromatic heterocycles. The minimum Gasteiger partial charge on any atom is -0.352 e. The molecule has 2 saturated heterocycles. The number of piperidine rings is 2. The van der Waals surface area contributed by atoms with Crippen molar-refractivity contribution in [3.05, 3.63) is 59.7 Å². The summed E-state index contributed by atoms with van der Waals surface area (Å²) in [5, 5.41) is 2.94. The summed E-state index contributed by atoms with van der Waals surface area (Å²) in [6.45, 7) is 6.31. The number of carbonyl (C=O) groups excluding carboxylic acids is 1. The van der Waals surface area contributed by atoms with E-state index in [1.807, 2.05) is 0 Å². The number of amides is 1. The van der Waals surface area contributed by atoms with Gasteiger partial charge in [-0.2, -0.15) is 13.2 Å². The lowest BCUT2D eigenvalue weighted by Gasteiger charge is -2.40. The van der Waals surface area contributed by atoms with Gasteiger partial charge in [-0.1, -0.05) is 36.8 Å². The standard InChI is InChI=1S/C27H34F3N3O/c28-27(29,30)25-8-3-2-7-24(25)21-9-11-22(12-10-21)26(34)31-15-6-16-32-19-13-23(14-20-32)33-17-4-1-5-18-33/h2-3,7-12,23H,1,4-6,13-20H2,(H,31,34). The lowest BCUT2D eigenvalue weighted by Crippen LogP contribution is -2.47. The molecule has 1 amide bonds. The van der Waals surface area contributed by atoms with E-state index in [-0.39, 0.29) is 11.5 Å². The number of rotatable bonds is 7. The van der Waals surface area contributed by atoms with Crippen molar-refractivity contribution in [2.45, 2.75) is 50.7 Å². The summed E-state index contributed by atoms with van der Waals surface area (Å²) in [5.74, 6) is -0.195. The first kappa shape index (κ1) is 24.7. The smallest absolute Gasteiger partial charge is 0.352 e. The average molecular weight is 474 g/mol. The predicted octanol–water partition coefficient (Wildman–Crippen LogP) is 5.44. The van der Waals surface area contributed by atoms with Gasteiger partial charge in [-0.05, 0) is 94.2 Å². The summed E-state index contributed by atoms with van der Waals surface area (Å²) in [7, 11) is 0. The third-order valence-corrected chi connectivity index (χ3v) is 7.09. The van der Waals surface area contributed by atoms with Gasteiger partial charge in [-0.15, -0.1) is 0 Å². The SMILES string of the molecule is O=C(NCCCN1CCC(N2CCCCC2)CC1)c1ccc(-c2ccccc2C(F)(F)F)cc1. The number of likely N-dealkylation sites (tertiary alicyclic amines) is 2. The lowest BCUT2D eigenvalue weighted by atomic mass is 9.98. The third kappa shape index (κ3) is 6.39. The fourth-order valence-electron chi connectivity index (χ4n) is 5.18. The number of nitrogens with zero attached hydrogens (tertiary/aromatic N) is 2. The van der Waals surface area contributed by atoms with Gasteiger partial charge in [0.15, 0.2) is 0 Å². The summed E-state index contributed by atoms with van der Waals surface area (Å²) >= 11 is 0. The number of hydrogen-bond donors (Lipinski definition) is 1. The molecule has 184 valence electrons. The summed E-state index contributed by atoms with van der Waals surface area (Å²) in [5.41, 5.74) is 0.339.